The van der Waals surface area contributed by atoms with E-state index in [9.17, 15) is 4.79 Å². The second-order valence-electron chi connectivity index (χ2n) is 4.45. The standard InChI is InChI=1S/C13H15I2NO/c1-16-8-9(3-2-6-14)11-5-4-10(15)7-12(11)13(16)17/h4-5,7,9H,2-3,6,8H2,1H3/t9-/m1/s1. The fourth-order valence-electron chi connectivity index (χ4n) is 2.36. The Hall–Kier alpha value is 0.150. The van der Waals surface area contributed by atoms with Gasteiger partial charge in [0.25, 0.3) is 5.91 Å². The zero-order valence-electron chi connectivity index (χ0n) is 9.75. The van der Waals surface area contributed by atoms with Crippen LogP contribution in [0.1, 0.15) is 34.7 Å². The number of amides is 1. The van der Waals surface area contributed by atoms with Crippen molar-refractivity contribution in [1.29, 1.82) is 0 Å². The maximum absolute atomic E-state index is 12.1. The van der Waals surface area contributed by atoms with Crippen molar-refractivity contribution >= 4 is 51.1 Å². The lowest BCUT2D eigenvalue weighted by Crippen LogP contribution is -2.37. The van der Waals surface area contributed by atoms with E-state index in [4.69, 9.17) is 0 Å². The van der Waals surface area contributed by atoms with E-state index in [-0.39, 0.29) is 5.91 Å². The van der Waals surface area contributed by atoms with Gasteiger partial charge in [-0.2, -0.15) is 0 Å². The van der Waals surface area contributed by atoms with Crippen LogP contribution in [-0.2, 0) is 0 Å². The van der Waals surface area contributed by atoms with Crippen LogP contribution in [0.2, 0.25) is 0 Å². The second-order valence-corrected chi connectivity index (χ2v) is 6.77. The van der Waals surface area contributed by atoms with Gasteiger partial charge in [0.15, 0.2) is 0 Å². The third-order valence-electron chi connectivity index (χ3n) is 3.21. The van der Waals surface area contributed by atoms with Crippen LogP contribution in [0.4, 0.5) is 0 Å². The summed E-state index contributed by atoms with van der Waals surface area (Å²) in [5.41, 5.74) is 2.16. The predicted octanol–water partition coefficient (Wildman–Crippen LogP) is 3.68. The molecule has 0 N–H and O–H groups in total. The molecule has 92 valence electrons. The maximum atomic E-state index is 12.1. The van der Waals surface area contributed by atoms with E-state index in [1.165, 1.54) is 22.8 Å². The SMILES string of the molecule is CN1C[C@@H](CCCI)c2ccc(I)cc2C1=O. The summed E-state index contributed by atoms with van der Waals surface area (Å²) in [4.78, 5) is 14.0. The van der Waals surface area contributed by atoms with Gasteiger partial charge in [-0.15, -0.1) is 0 Å². The van der Waals surface area contributed by atoms with Crippen LogP contribution in [0.15, 0.2) is 18.2 Å². The second kappa shape index (κ2) is 5.86. The molecule has 1 amide bonds. The van der Waals surface area contributed by atoms with Gasteiger partial charge in [0.05, 0.1) is 0 Å². The molecule has 2 nitrogen and oxygen atoms in total. The maximum Gasteiger partial charge on any atom is 0.253 e. The third kappa shape index (κ3) is 2.94. The first-order valence-corrected chi connectivity index (χ1v) is 8.34. The monoisotopic (exact) mass is 455 g/mol. The van der Waals surface area contributed by atoms with Crippen molar-refractivity contribution in [3.63, 3.8) is 0 Å². The van der Waals surface area contributed by atoms with Gasteiger partial charge in [-0.1, -0.05) is 28.7 Å². The molecular weight excluding hydrogens is 440 g/mol. The smallest absolute Gasteiger partial charge is 0.253 e. The number of hydrogen-bond acceptors (Lipinski definition) is 1. The molecule has 1 aliphatic heterocycles. The van der Waals surface area contributed by atoms with Gasteiger partial charge >= 0.3 is 0 Å². The zero-order chi connectivity index (χ0) is 12.4. The average Bonchev–Trinajstić information content (AvgIpc) is 2.32. The van der Waals surface area contributed by atoms with Crippen molar-refractivity contribution in [2.45, 2.75) is 18.8 Å². The molecule has 0 saturated carbocycles. The molecule has 0 unspecified atom stereocenters. The van der Waals surface area contributed by atoms with E-state index in [1.54, 1.807) is 0 Å². The highest BCUT2D eigenvalue weighted by atomic mass is 127. The van der Waals surface area contributed by atoms with E-state index < -0.39 is 0 Å². The number of carbonyl (C=O) groups is 1. The number of rotatable bonds is 3. The summed E-state index contributed by atoms with van der Waals surface area (Å²) < 4.78 is 2.32. The number of likely N-dealkylation sites (N-methyl/N-ethyl adjacent to an activating group) is 1. The highest BCUT2D eigenvalue weighted by Gasteiger charge is 2.28. The lowest BCUT2D eigenvalue weighted by molar-refractivity contribution is 0.0763. The molecule has 1 aliphatic rings. The first-order chi connectivity index (χ1) is 8.13. The Morgan fingerprint density at radius 3 is 2.94 bits per heavy atom. The molecular formula is C13H15I2NO. The molecule has 0 bridgehead atoms. The van der Waals surface area contributed by atoms with E-state index in [0.29, 0.717) is 5.92 Å². The van der Waals surface area contributed by atoms with E-state index in [2.05, 4.69) is 57.3 Å². The minimum absolute atomic E-state index is 0.171. The number of benzene rings is 1. The van der Waals surface area contributed by atoms with Crippen LogP contribution in [0.25, 0.3) is 0 Å². The molecule has 2 rings (SSSR count). The highest BCUT2D eigenvalue weighted by molar-refractivity contribution is 14.1. The molecule has 1 aromatic carbocycles. The summed E-state index contributed by atoms with van der Waals surface area (Å²) in [6.07, 6.45) is 2.40. The molecule has 1 heterocycles. The minimum atomic E-state index is 0.171. The summed E-state index contributed by atoms with van der Waals surface area (Å²) in [7, 11) is 1.90. The average molecular weight is 455 g/mol. The number of nitrogens with zero attached hydrogens (tertiary/aromatic N) is 1. The van der Waals surface area contributed by atoms with Gasteiger partial charge in [-0.05, 0) is 57.6 Å². The Labute approximate surface area is 129 Å². The topological polar surface area (TPSA) is 20.3 Å². The summed E-state index contributed by atoms with van der Waals surface area (Å²) in [5, 5.41) is 0. The summed E-state index contributed by atoms with van der Waals surface area (Å²) in [6.45, 7) is 0.864. The highest BCUT2D eigenvalue weighted by Crippen LogP contribution is 2.32. The Balaban J connectivity index is 2.35. The zero-order valence-corrected chi connectivity index (χ0v) is 14.1. The van der Waals surface area contributed by atoms with Crippen LogP contribution < -0.4 is 0 Å². The van der Waals surface area contributed by atoms with Gasteiger partial charge in [0.1, 0.15) is 0 Å². The van der Waals surface area contributed by atoms with Crippen molar-refractivity contribution in [2.24, 2.45) is 0 Å². The van der Waals surface area contributed by atoms with Gasteiger partial charge in [0.2, 0.25) is 0 Å². The summed E-state index contributed by atoms with van der Waals surface area (Å²) in [6, 6.07) is 6.26. The number of halogens is 2. The minimum Gasteiger partial charge on any atom is -0.341 e. The Bertz CT molecular complexity index is 433. The van der Waals surface area contributed by atoms with Crippen LogP contribution in [-0.4, -0.2) is 28.8 Å². The van der Waals surface area contributed by atoms with Crippen LogP contribution >= 0.6 is 45.2 Å². The predicted molar refractivity (Wildman–Crippen MR) is 87.0 cm³/mol. The van der Waals surface area contributed by atoms with E-state index in [0.717, 1.165) is 15.7 Å². The molecule has 4 heteroatoms. The lowest BCUT2D eigenvalue weighted by atomic mass is 9.87. The molecule has 0 radical (unpaired) electrons. The van der Waals surface area contributed by atoms with Crippen LogP contribution in [0.3, 0.4) is 0 Å². The number of fused-ring (bicyclic) bond motifs is 1. The van der Waals surface area contributed by atoms with Crippen molar-refractivity contribution in [3.05, 3.63) is 32.9 Å². The summed E-state index contributed by atoms with van der Waals surface area (Å²) >= 11 is 4.68. The van der Waals surface area contributed by atoms with Gasteiger partial charge in [-0.3, -0.25) is 4.79 Å². The lowest BCUT2D eigenvalue weighted by Gasteiger charge is -2.32. The van der Waals surface area contributed by atoms with Crippen molar-refractivity contribution in [1.82, 2.24) is 4.90 Å². The van der Waals surface area contributed by atoms with E-state index >= 15 is 0 Å². The molecule has 17 heavy (non-hydrogen) atoms. The van der Waals surface area contributed by atoms with Gasteiger partial charge in [0, 0.05) is 28.6 Å². The first-order valence-electron chi connectivity index (χ1n) is 5.74. The molecule has 1 aromatic rings. The molecule has 0 spiro atoms. The molecule has 0 saturated heterocycles. The Kier molecular flexibility index (Phi) is 4.68. The largest absolute Gasteiger partial charge is 0.341 e. The summed E-state index contributed by atoms with van der Waals surface area (Å²) in [5.74, 6) is 0.684. The number of hydrogen-bond donors (Lipinski definition) is 0. The Morgan fingerprint density at radius 2 is 2.24 bits per heavy atom. The van der Waals surface area contributed by atoms with Crippen molar-refractivity contribution in [2.75, 3.05) is 18.0 Å². The number of carbonyl (C=O) groups excluding carboxylic acids is 1. The van der Waals surface area contributed by atoms with Crippen molar-refractivity contribution < 1.29 is 4.79 Å². The van der Waals surface area contributed by atoms with Crippen LogP contribution in [0.5, 0.6) is 0 Å². The van der Waals surface area contributed by atoms with Gasteiger partial charge < -0.3 is 4.90 Å². The normalized spacial score (nSPS) is 19.4. The van der Waals surface area contributed by atoms with E-state index in [1.807, 2.05) is 18.0 Å². The molecule has 0 fully saturated rings. The quantitative estimate of drug-likeness (QED) is 0.504. The first kappa shape index (κ1) is 13.6. The van der Waals surface area contributed by atoms with Crippen LogP contribution in [0, 0.1) is 3.57 Å². The molecule has 0 aliphatic carbocycles. The Morgan fingerprint density at radius 1 is 1.47 bits per heavy atom. The fraction of sp³-hybridized carbons (Fsp3) is 0.462. The molecule has 0 aromatic heterocycles. The third-order valence-corrected chi connectivity index (χ3v) is 4.65. The number of alkyl halides is 1. The fourth-order valence-corrected chi connectivity index (χ4v) is 3.29. The van der Waals surface area contributed by atoms with Crippen molar-refractivity contribution in [3.8, 4) is 0 Å². The van der Waals surface area contributed by atoms with Gasteiger partial charge in [-0.25, -0.2) is 0 Å². The molecule has 1 atom stereocenters.